The zero-order valence-electron chi connectivity index (χ0n) is 33.3. The average molecular weight is 679 g/mol. The zero-order valence-corrected chi connectivity index (χ0v) is 33.3. The number of nitrogens with zero attached hydrogens (tertiary/aromatic N) is 1. The summed E-state index contributed by atoms with van der Waals surface area (Å²) in [6.07, 6.45) is 48.0. The quantitative estimate of drug-likeness (QED) is 0.0398. The van der Waals surface area contributed by atoms with Gasteiger partial charge >= 0.3 is 0 Å². The fraction of sp³-hybridized carbons (Fsp3) is 0.909. The molecule has 1 atom stereocenters. The molecule has 286 valence electrons. The first kappa shape index (κ1) is 47.3. The minimum Gasteiger partial charge on any atom is -0.396 e. The molecule has 0 amide bonds. The molecular formula is C44H88NO3+. The molecule has 1 unspecified atom stereocenters. The molecule has 0 aromatic heterocycles. The van der Waals surface area contributed by atoms with Gasteiger partial charge in [0.15, 0.2) is 0 Å². The standard InChI is InChI=1S/C44H88NO3/c1-5-7-9-11-13-15-17-19-21-23-25-27-29-31-33-35-40-47-43-44(42-45(3,4)38-37-39-46)48-41-36-34-32-30-28-26-24-22-20-18-16-14-12-10-8-6-2/h19-22,44,46H,5-18,23-43H2,1-4H3/q+1/b21-19-,22-20-. The van der Waals surface area contributed by atoms with Crippen LogP contribution in [0, 0.1) is 0 Å². The molecule has 0 heterocycles. The lowest BCUT2D eigenvalue weighted by atomic mass is 10.1. The monoisotopic (exact) mass is 679 g/mol. The third kappa shape index (κ3) is 38.1. The normalized spacial score (nSPS) is 13.0. The first-order valence-corrected chi connectivity index (χ1v) is 21.5. The zero-order chi connectivity index (χ0) is 35.1. The van der Waals surface area contributed by atoms with Gasteiger partial charge in [-0.05, 0) is 64.2 Å². The van der Waals surface area contributed by atoms with Gasteiger partial charge < -0.3 is 19.1 Å². The highest BCUT2D eigenvalue weighted by atomic mass is 16.5. The molecule has 0 aromatic carbocycles. The number of aliphatic hydroxyl groups is 1. The van der Waals surface area contributed by atoms with Crippen molar-refractivity contribution in [1.29, 1.82) is 0 Å². The SMILES string of the molecule is CCCCCCCC/C=C\CCCCCCCCOCC(C[N+](C)(C)CCCO)OCCCCCCCC/C=C\CCCCCCCC. The Kier molecular flexibility index (Phi) is 38.6. The van der Waals surface area contributed by atoms with Gasteiger partial charge in [0, 0.05) is 26.2 Å². The minimum absolute atomic E-state index is 0.135. The van der Waals surface area contributed by atoms with Gasteiger partial charge in [0.2, 0.25) is 0 Å². The number of allylic oxidation sites excluding steroid dienone is 4. The largest absolute Gasteiger partial charge is 0.396 e. The lowest BCUT2D eigenvalue weighted by Gasteiger charge is -2.33. The number of ether oxygens (including phenoxy) is 2. The summed E-state index contributed by atoms with van der Waals surface area (Å²) in [6, 6.07) is 0. The Morgan fingerprint density at radius 2 is 0.854 bits per heavy atom. The van der Waals surface area contributed by atoms with Crippen molar-refractivity contribution in [1.82, 2.24) is 0 Å². The van der Waals surface area contributed by atoms with Crippen molar-refractivity contribution < 1.29 is 19.1 Å². The van der Waals surface area contributed by atoms with E-state index in [1.807, 2.05) is 0 Å². The van der Waals surface area contributed by atoms with E-state index < -0.39 is 0 Å². The summed E-state index contributed by atoms with van der Waals surface area (Å²) in [5.74, 6) is 0. The highest BCUT2D eigenvalue weighted by molar-refractivity contribution is 4.82. The molecule has 0 fully saturated rings. The van der Waals surface area contributed by atoms with Crippen LogP contribution in [0.15, 0.2) is 24.3 Å². The maximum Gasteiger partial charge on any atom is 0.130 e. The van der Waals surface area contributed by atoms with Gasteiger partial charge in [-0.3, -0.25) is 0 Å². The smallest absolute Gasteiger partial charge is 0.130 e. The molecule has 1 N–H and O–H groups in total. The van der Waals surface area contributed by atoms with Gasteiger partial charge in [0.1, 0.15) is 12.6 Å². The van der Waals surface area contributed by atoms with Crippen LogP contribution in [-0.4, -0.2) is 69.3 Å². The molecular weight excluding hydrogens is 590 g/mol. The van der Waals surface area contributed by atoms with E-state index in [1.54, 1.807) is 0 Å². The Balaban J connectivity index is 3.88. The van der Waals surface area contributed by atoms with Crippen molar-refractivity contribution in [2.24, 2.45) is 0 Å². The maximum absolute atomic E-state index is 9.33. The predicted molar refractivity (Wildman–Crippen MR) is 213 cm³/mol. The summed E-state index contributed by atoms with van der Waals surface area (Å²) in [5, 5.41) is 9.33. The highest BCUT2D eigenvalue weighted by Gasteiger charge is 2.22. The molecule has 4 nitrogen and oxygen atoms in total. The Labute approximate surface area is 302 Å². The van der Waals surface area contributed by atoms with E-state index in [0.29, 0.717) is 6.61 Å². The predicted octanol–water partition coefficient (Wildman–Crippen LogP) is 12.9. The van der Waals surface area contributed by atoms with Crippen molar-refractivity contribution in [3.8, 4) is 0 Å². The van der Waals surface area contributed by atoms with E-state index in [0.717, 1.165) is 50.0 Å². The summed E-state index contributed by atoms with van der Waals surface area (Å²) < 4.78 is 13.4. The van der Waals surface area contributed by atoms with E-state index in [1.165, 1.54) is 167 Å². The topological polar surface area (TPSA) is 38.7 Å². The molecule has 48 heavy (non-hydrogen) atoms. The summed E-state index contributed by atoms with van der Waals surface area (Å²) in [6.45, 7) is 9.13. The summed E-state index contributed by atoms with van der Waals surface area (Å²) in [4.78, 5) is 0. The average Bonchev–Trinajstić information content (AvgIpc) is 3.08. The Bertz CT molecular complexity index is 662. The minimum atomic E-state index is 0.135. The van der Waals surface area contributed by atoms with Crippen LogP contribution in [0.2, 0.25) is 0 Å². The Morgan fingerprint density at radius 3 is 1.27 bits per heavy atom. The van der Waals surface area contributed by atoms with Gasteiger partial charge in [0.05, 0.1) is 27.2 Å². The third-order valence-electron chi connectivity index (χ3n) is 9.73. The molecule has 0 radical (unpaired) electrons. The van der Waals surface area contributed by atoms with Crippen LogP contribution in [0.5, 0.6) is 0 Å². The summed E-state index contributed by atoms with van der Waals surface area (Å²) in [5.41, 5.74) is 0. The summed E-state index contributed by atoms with van der Waals surface area (Å²) in [7, 11) is 4.50. The molecule has 0 aromatic rings. The lowest BCUT2D eigenvalue weighted by Crippen LogP contribution is -2.48. The van der Waals surface area contributed by atoms with Crippen LogP contribution in [0.25, 0.3) is 0 Å². The number of aliphatic hydroxyl groups excluding tert-OH is 1. The molecule has 0 bridgehead atoms. The van der Waals surface area contributed by atoms with Gasteiger partial charge in [-0.2, -0.15) is 0 Å². The highest BCUT2D eigenvalue weighted by Crippen LogP contribution is 2.13. The molecule has 0 saturated heterocycles. The number of likely N-dealkylation sites (N-methyl/N-ethyl adjacent to an activating group) is 1. The van der Waals surface area contributed by atoms with Crippen LogP contribution >= 0.6 is 0 Å². The number of unbranched alkanes of at least 4 members (excludes halogenated alkanes) is 24. The molecule has 0 aliphatic rings. The molecule has 0 rings (SSSR count). The van der Waals surface area contributed by atoms with Crippen LogP contribution in [0.4, 0.5) is 0 Å². The first-order chi connectivity index (χ1) is 23.6. The van der Waals surface area contributed by atoms with Gasteiger partial charge in [-0.15, -0.1) is 0 Å². The number of hydrogen-bond acceptors (Lipinski definition) is 3. The number of rotatable bonds is 40. The molecule has 0 saturated carbocycles. The molecule has 0 aliphatic carbocycles. The fourth-order valence-corrected chi connectivity index (χ4v) is 6.56. The number of quaternary nitrogens is 1. The second-order valence-corrected chi connectivity index (χ2v) is 15.4. The fourth-order valence-electron chi connectivity index (χ4n) is 6.56. The molecule has 4 heteroatoms. The van der Waals surface area contributed by atoms with E-state index >= 15 is 0 Å². The number of hydrogen-bond donors (Lipinski definition) is 1. The van der Waals surface area contributed by atoms with Crippen molar-refractivity contribution in [3.63, 3.8) is 0 Å². The van der Waals surface area contributed by atoms with E-state index in [2.05, 4.69) is 52.2 Å². The maximum atomic E-state index is 9.33. The van der Waals surface area contributed by atoms with Crippen LogP contribution < -0.4 is 0 Å². The molecule has 0 aliphatic heterocycles. The van der Waals surface area contributed by atoms with Crippen LogP contribution in [0.3, 0.4) is 0 Å². The lowest BCUT2D eigenvalue weighted by molar-refractivity contribution is -0.893. The van der Waals surface area contributed by atoms with E-state index in [-0.39, 0.29) is 12.7 Å². The van der Waals surface area contributed by atoms with E-state index in [4.69, 9.17) is 9.47 Å². The van der Waals surface area contributed by atoms with E-state index in [9.17, 15) is 5.11 Å². The third-order valence-corrected chi connectivity index (χ3v) is 9.73. The molecule has 0 spiro atoms. The summed E-state index contributed by atoms with van der Waals surface area (Å²) >= 11 is 0. The van der Waals surface area contributed by atoms with Gasteiger partial charge in [0.25, 0.3) is 0 Å². The second kappa shape index (κ2) is 39.1. The Hall–Kier alpha value is -0.680. The van der Waals surface area contributed by atoms with Gasteiger partial charge in [-0.1, -0.05) is 154 Å². The first-order valence-electron chi connectivity index (χ1n) is 21.5. The van der Waals surface area contributed by atoms with Crippen molar-refractivity contribution in [3.05, 3.63) is 24.3 Å². The van der Waals surface area contributed by atoms with Crippen molar-refractivity contribution in [2.75, 3.05) is 53.6 Å². The second-order valence-electron chi connectivity index (χ2n) is 15.4. The van der Waals surface area contributed by atoms with Crippen LogP contribution in [0.1, 0.15) is 200 Å². The van der Waals surface area contributed by atoms with Gasteiger partial charge in [-0.25, -0.2) is 0 Å². The van der Waals surface area contributed by atoms with Crippen molar-refractivity contribution >= 4 is 0 Å². The Morgan fingerprint density at radius 1 is 0.479 bits per heavy atom. The van der Waals surface area contributed by atoms with Crippen LogP contribution in [-0.2, 0) is 9.47 Å². The van der Waals surface area contributed by atoms with Crippen molar-refractivity contribution in [2.45, 2.75) is 206 Å².